The first-order valence-electron chi connectivity index (χ1n) is 10.4. The van der Waals surface area contributed by atoms with Crippen LogP contribution in [0.15, 0.2) is 24.4 Å². The third-order valence-electron chi connectivity index (χ3n) is 4.99. The number of ether oxygens (including phenoxy) is 3. The molecule has 8 nitrogen and oxygen atoms in total. The van der Waals surface area contributed by atoms with Gasteiger partial charge in [-0.2, -0.15) is 0 Å². The van der Waals surface area contributed by atoms with Gasteiger partial charge in [-0.1, -0.05) is 0 Å². The predicted molar refractivity (Wildman–Crippen MR) is 117 cm³/mol. The minimum Gasteiger partial charge on any atom is -0.480 e. The predicted octanol–water partition coefficient (Wildman–Crippen LogP) is 3.93. The van der Waals surface area contributed by atoms with Crippen molar-refractivity contribution in [3.63, 3.8) is 0 Å². The van der Waals surface area contributed by atoms with Gasteiger partial charge >= 0.3 is 12.1 Å². The molecule has 0 aliphatic carbocycles. The number of benzene rings is 1. The van der Waals surface area contributed by atoms with Crippen LogP contribution in [0.4, 0.5) is 19.3 Å². The summed E-state index contributed by atoms with van der Waals surface area (Å²) in [6.45, 7) is 6.07. The van der Waals surface area contributed by atoms with Crippen LogP contribution in [-0.4, -0.2) is 56.0 Å². The number of anilines is 1. The summed E-state index contributed by atoms with van der Waals surface area (Å²) in [7, 11) is 2.61. The number of hydrogen-bond donors (Lipinski definition) is 1. The Balaban J connectivity index is 2.04. The van der Waals surface area contributed by atoms with E-state index in [2.05, 4.69) is 10.3 Å². The largest absolute Gasteiger partial charge is 0.480 e. The molecule has 10 heteroatoms. The van der Waals surface area contributed by atoms with E-state index in [0.29, 0.717) is 25.2 Å². The lowest BCUT2D eigenvalue weighted by atomic mass is 10.0. The van der Waals surface area contributed by atoms with Crippen LogP contribution < -0.4 is 15.0 Å². The van der Waals surface area contributed by atoms with E-state index in [9.17, 15) is 18.4 Å². The molecule has 1 aliphatic heterocycles. The topological polar surface area (TPSA) is 90.0 Å². The van der Waals surface area contributed by atoms with Crippen molar-refractivity contribution < 1.29 is 32.6 Å². The Morgan fingerprint density at radius 1 is 1.15 bits per heavy atom. The van der Waals surface area contributed by atoms with E-state index in [1.54, 1.807) is 20.8 Å². The van der Waals surface area contributed by atoms with Crippen molar-refractivity contribution in [1.82, 2.24) is 10.3 Å². The minimum atomic E-state index is -0.785. The maximum absolute atomic E-state index is 14.1. The second-order valence-electron chi connectivity index (χ2n) is 8.63. The fourth-order valence-corrected chi connectivity index (χ4v) is 3.74. The smallest absolute Gasteiger partial charge is 0.407 e. The Morgan fingerprint density at radius 2 is 1.82 bits per heavy atom. The molecule has 1 fully saturated rings. The third kappa shape index (κ3) is 5.68. The number of carbonyl (C=O) groups excluding carboxylic acids is 2. The maximum atomic E-state index is 14.1. The molecule has 2 aromatic rings. The van der Waals surface area contributed by atoms with Gasteiger partial charge in [0.05, 0.1) is 31.5 Å². The molecule has 1 aromatic carbocycles. The normalized spacial score (nSPS) is 15.8. The van der Waals surface area contributed by atoms with Crippen LogP contribution in [0.5, 0.6) is 5.88 Å². The number of nitrogens with one attached hydrogen (secondary N) is 1. The van der Waals surface area contributed by atoms with E-state index in [1.165, 1.54) is 20.4 Å². The highest BCUT2D eigenvalue weighted by Gasteiger charge is 2.32. The third-order valence-corrected chi connectivity index (χ3v) is 4.99. The molecule has 1 atom stereocenters. The number of esters is 1. The van der Waals surface area contributed by atoms with Crippen molar-refractivity contribution in [2.75, 3.05) is 32.2 Å². The standard InChI is InChI=1S/C23H27F2N3O5/c1-23(2,3)33-22(30)27-16-6-7-28(12-16)19-17(21(29)32-5)11-26-20(31-4)18(19)13-8-14(24)10-15(25)9-13/h8-11,16H,6-7,12H2,1-5H3,(H,27,30)/t16-/m0/s1. The number of halogens is 2. The molecule has 33 heavy (non-hydrogen) atoms. The molecular formula is C23H27F2N3O5. The van der Waals surface area contributed by atoms with Crippen LogP contribution in [0.25, 0.3) is 11.1 Å². The number of rotatable bonds is 5. The summed E-state index contributed by atoms with van der Waals surface area (Å²) in [6, 6.07) is 2.75. The highest BCUT2D eigenvalue weighted by molar-refractivity contribution is 6.01. The van der Waals surface area contributed by atoms with Crippen molar-refractivity contribution in [3.8, 4) is 17.0 Å². The molecule has 0 radical (unpaired) electrons. The molecule has 0 saturated carbocycles. The number of alkyl carbamates (subject to hydrolysis) is 1. The fourth-order valence-electron chi connectivity index (χ4n) is 3.74. The molecular weight excluding hydrogens is 436 g/mol. The Hall–Kier alpha value is -3.43. The zero-order chi connectivity index (χ0) is 24.3. The second-order valence-corrected chi connectivity index (χ2v) is 8.63. The van der Waals surface area contributed by atoms with Crippen molar-refractivity contribution in [3.05, 3.63) is 41.6 Å². The number of aromatic nitrogens is 1. The lowest BCUT2D eigenvalue weighted by Crippen LogP contribution is -2.40. The molecule has 0 bridgehead atoms. The first-order chi connectivity index (χ1) is 15.5. The van der Waals surface area contributed by atoms with E-state index < -0.39 is 29.3 Å². The quantitative estimate of drug-likeness (QED) is 0.672. The second kappa shape index (κ2) is 9.60. The van der Waals surface area contributed by atoms with E-state index in [0.717, 1.165) is 18.2 Å². The van der Waals surface area contributed by atoms with E-state index in [-0.39, 0.29) is 28.6 Å². The zero-order valence-electron chi connectivity index (χ0n) is 19.2. The van der Waals surface area contributed by atoms with Crippen LogP contribution in [0, 0.1) is 11.6 Å². The number of hydrogen-bond acceptors (Lipinski definition) is 7. The van der Waals surface area contributed by atoms with Gasteiger partial charge in [-0.05, 0) is 44.9 Å². The first-order valence-corrected chi connectivity index (χ1v) is 10.4. The molecule has 0 spiro atoms. The molecule has 1 aromatic heterocycles. The summed E-state index contributed by atoms with van der Waals surface area (Å²) in [6.07, 6.45) is 1.30. The van der Waals surface area contributed by atoms with Gasteiger partial charge in [0.15, 0.2) is 0 Å². The van der Waals surface area contributed by atoms with Gasteiger partial charge in [-0.15, -0.1) is 0 Å². The Morgan fingerprint density at radius 3 is 2.39 bits per heavy atom. The van der Waals surface area contributed by atoms with Crippen molar-refractivity contribution in [2.45, 2.75) is 38.8 Å². The lowest BCUT2D eigenvalue weighted by molar-refractivity contribution is 0.0507. The molecule has 1 N–H and O–H groups in total. The summed E-state index contributed by atoms with van der Waals surface area (Å²) in [5.41, 5.74) is 0.217. The highest BCUT2D eigenvalue weighted by Crippen LogP contribution is 2.42. The van der Waals surface area contributed by atoms with Crippen LogP contribution >= 0.6 is 0 Å². The maximum Gasteiger partial charge on any atom is 0.407 e. The number of pyridine rings is 1. The highest BCUT2D eigenvalue weighted by atomic mass is 19.1. The Bertz CT molecular complexity index is 1030. The van der Waals surface area contributed by atoms with Gasteiger partial charge < -0.3 is 24.4 Å². The zero-order valence-corrected chi connectivity index (χ0v) is 19.2. The van der Waals surface area contributed by atoms with Crippen molar-refractivity contribution in [2.24, 2.45) is 0 Å². The summed E-state index contributed by atoms with van der Waals surface area (Å²) >= 11 is 0. The number of amides is 1. The molecule has 1 aliphatic rings. The lowest BCUT2D eigenvalue weighted by Gasteiger charge is -2.26. The number of methoxy groups -OCH3 is 2. The van der Waals surface area contributed by atoms with Gasteiger partial charge in [0.2, 0.25) is 5.88 Å². The van der Waals surface area contributed by atoms with E-state index in [1.807, 2.05) is 4.90 Å². The number of carbonyl (C=O) groups is 2. The summed E-state index contributed by atoms with van der Waals surface area (Å²) in [5.74, 6) is -2.15. The molecule has 1 amide bonds. The Labute approximate surface area is 190 Å². The van der Waals surface area contributed by atoms with Gasteiger partial charge in [-0.25, -0.2) is 23.4 Å². The van der Waals surface area contributed by atoms with Gasteiger partial charge in [0.25, 0.3) is 0 Å². The average molecular weight is 463 g/mol. The summed E-state index contributed by atoms with van der Waals surface area (Å²) < 4.78 is 43.7. The fraction of sp³-hybridized carbons (Fsp3) is 0.435. The molecule has 0 unspecified atom stereocenters. The number of nitrogens with zero attached hydrogens (tertiary/aromatic N) is 2. The van der Waals surface area contributed by atoms with Crippen molar-refractivity contribution in [1.29, 1.82) is 0 Å². The van der Waals surface area contributed by atoms with Gasteiger partial charge in [-0.3, -0.25) is 0 Å². The molecule has 178 valence electrons. The van der Waals surface area contributed by atoms with Crippen LogP contribution in [0.3, 0.4) is 0 Å². The SMILES string of the molecule is COC(=O)c1cnc(OC)c(-c2cc(F)cc(F)c2)c1N1CC[C@H](NC(=O)OC(C)(C)C)C1. The molecule has 1 saturated heterocycles. The monoisotopic (exact) mass is 463 g/mol. The van der Waals surface area contributed by atoms with Crippen LogP contribution in [-0.2, 0) is 9.47 Å². The summed E-state index contributed by atoms with van der Waals surface area (Å²) in [4.78, 5) is 30.7. The van der Waals surface area contributed by atoms with Crippen molar-refractivity contribution >= 4 is 17.7 Å². The van der Waals surface area contributed by atoms with E-state index in [4.69, 9.17) is 14.2 Å². The van der Waals surface area contributed by atoms with Crippen LogP contribution in [0.1, 0.15) is 37.6 Å². The van der Waals surface area contributed by atoms with Crippen LogP contribution in [0.2, 0.25) is 0 Å². The van der Waals surface area contributed by atoms with Gasteiger partial charge in [0.1, 0.15) is 22.8 Å². The minimum absolute atomic E-state index is 0.0891. The Kier molecular flexibility index (Phi) is 7.04. The van der Waals surface area contributed by atoms with Gasteiger partial charge in [0, 0.05) is 25.4 Å². The molecule has 3 rings (SSSR count). The first kappa shape index (κ1) is 24.2. The summed E-state index contributed by atoms with van der Waals surface area (Å²) in [5, 5.41) is 2.82. The molecule has 2 heterocycles. The average Bonchev–Trinajstić information content (AvgIpc) is 3.17. The van der Waals surface area contributed by atoms with E-state index >= 15 is 0 Å².